The highest BCUT2D eigenvalue weighted by Gasteiger charge is 2.09. The van der Waals surface area contributed by atoms with E-state index in [1.54, 1.807) is 6.92 Å². The lowest BCUT2D eigenvalue weighted by atomic mass is 10.2. The molecule has 0 aliphatic heterocycles. The predicted molar refractivity (Wildman–Crippen MR) is 64.8 cm³/mol. The number of amides is 1. The summed E-state index contributed by atoms with van der Waals surface area (Å²) in [7, 11) is 0. The molecule has 0 saturated heterocycles. The number of carbonyl (C=O) groups excluding carboxylic acids is 2. The predicted octanol–water partition coefficient (Wildman–Crippen LogP) is 1.22. The van der Waals surface area contributed by atoms with Crippen LogP contribution in [0.3, 0.4) is 0 Å². The summed E-state index contributed by atoms with van der Waals surface area (Å²) in [6.45, 7) is 1.80. The van der Waals surface area contributed by atoms with Gasteiger partial charge in [0.15, 0.2) is 0 Å². The molecule has 0 aliphatic rings. The Morgan fingerprint density at radius 3 is 2.76 bits per heavy atom. The fourth-order valence-electron chi connectivity index (χ4n) is 1.13. The quantitative estimate of drug-likeness (QED) is 0.627. The molecule has 3 N–H and O–H groups in total. The highest BCUT2D eigenvalue weighted by atomic mass is 35.5. The van der Waals surface area contributed by atoms with Crippen LogP contribution in [0.5, 0.6) is 0 Å². The first kappa shape index (κ1) is 13.3. The first-order chi connectivity index (χ1) is 8.04. The largest absolute Gasteiger partial charge is 0.465 e. The molecule has 1 rings (SSSR count). The van der Waals surface area contributed by atoms with Crippen LogP contribution in [0.1, 0.15) is 17.3 Å². The van der Waals surface area contributed by atoms with Gasteiger partial charge in [0, 0.05) is 5.56 Å². The summed E-state index contributed by atoms with van der Waals surface area (Å²) in [5.74, 6) is -0.887. The molecule has 1 amide bonds. The van der Waals surface area contributed by atoms with Crippen molar-refractivity contribution in [2.75, 3.05) is 18.9 Å². The van der Waals surface area contributed by atoms with Crippen molar-refractivity contribution in [3.05, 3.63) is 28.8 Å². The zero-order valence-electron chi connectivity index (χ0n) is 9.33. The molecule has 1 aromatic rings. The second kappa shape index (κ2) is 6.10. The van der Waals surface area contributed by atoms with E-state index < -0.39 is 11.9 Å². The Hall–Kier alpha value is -1.75. The maximum Gasteiger partial charge on any atom is 0.325 e. The third kappa shape index (κ3) is 3.96. The zero-order chi connectivity index (χ0) is 12.8. The van der Waals surface area contributed by atoms with Gasteiger partial charge in [0.25, 0.3) is 5.91 Å². The molecule has 0 bridgehead atoms. The molecule has 0 spiro atoms. The van der Waals surface area contributed by atoms with Gasteiger partial charge in [-0.05, 0) is 25.1 Å². The minimum Gasteiger partial charge on any atom is -0.465 e. The summed E-state index contributed by atoms with van der Waals surface area (Å²) in [5, 5.41) is 2.72. The van der Waals surface area contributed by atoms with Crippen molar-refractivity contribution < 1.29 is 14.3 Å². The number of benzene rings is 1. The Kier molecular flexibility index (Phi) is 4.78. The van der Waals surface area contributed by atoms with E-state index in [4.69, 9.17) is 17.3 Å². The molecule has 6 heteroatoms. The van der Waals surface area contributed by atoms with Crippen molar-refractivity contribution in [1.29, 1.82) is 0 Å². The van der Waals surface area contributed by atoms with Gasteiger partial charge in [0.1, 0.15) is 6.54 Å². The molecule has 0 aliphatic carbocycles. The molecule has 0 aromatic heterocycles. The minimum absolute atomic E-state index is 0.172. The third-order valence-corrected chi connectivity index (χ3v) is 2.29. The normalized spacial score (nSPS) is 9.76. The third-order valence-electron chi connectivity index (χ3n) is 1.96. The Morgan fingerprint density at radius 1 is 1.47 bits per heavy atom. The lowest BCUT2D eigenvalue weighted by molar-refractivity contribution is -0.141. The van der Waals surface area contributed by atoms with Crippen molar-refractivity contribution in [2.24, 2.45) is 0 Å². The fraction of sp³-hybridized carbons (Fsp3) is 0.273. The summed E-state index contributed by atoms with van der Waals surface area (Å²) in [6, 6.07) is 4.50. The van der Waals surface area contributed by atoms with Crippen molar-refractivity contribution in [3.63, 3.8) is 0 Å². The van der Waals surface area contributed by atoms with Crippen LogP contribution >= 0.6 is 11.6 Å². The van der Waals surface area contributed by atoms with Crippen molar-refractivity contribution in [2.45, 2.75) is 6.92 Å². The van der Waals surface area contributed by atoms with Gasteiger partial charge in [-0.3, -0.25) is 9.59 Å². The van der Waals surface area contributed by atoms with Gasteiger partial charge in [0.2, 0.25) is 0 Å². The molecule has 1 aromatic carbocycles. The molecule has 92 valence electrons. The van der Waals surface area contributed by atoms with Gasteiger partial charge < -0.3 is 15.8 Å². The number of halogens is 1. The number of ether oxygens (including phenoxy) is 1. The SMILES string of the molecule is CCOC(=O)CNC(=O)c1ccc(N)c(Cl)c1. The van der Waals surface area contributed by atoms with E-state index in [0.29, 0.717) is 16.3 Å². The second-order valence-corrected chi connectivity index (χ2v) is 3.63. The van der Waals surface area contributed by atoms with Crippen LogP contribution in [0.4, 0.5) is 5.69 Å². The highest BCUT2D eigenvalue weighted by molar-refractivity contribution is 6.33. The van der Waals surface area contributed by atoms with Gasteiger partial charge in [0.05, 0.1) is 17.3 Å². The van der Waals surface area contributed by atoms with E-state index >= 15 is 0 Å². The maximum atomic E-state index is 11.6. The van der Waals surface area contributed by atoms with Crippen LogP contribution in [0.25, 0.3) is 0 Å². The van der Waals surface area contributed by atoms with E-state index in [-0.39, 0.29) is 13.2 Å². The number of nitrogen functional groups attached to an aromatic ring is 1. The summed E-state index contributed by atoms with van der Waals surface area (Å²) >= 11 is 5.77. The van der Waals surface area contributed by atoms with E-state index in [1.807, 2.05) is 0 Å². The van der Waals surface area contributed by atoms with E-state index in [2.05, 4.69) is 10.1 Å². The number of carbonyl (C=O) groups is 2. The first-order valence-electron chi connectivity index (χ1n) is 5.03. The molecule has 17 heavy (non-hydrogen) atoms. The highest BCUT2D eigenvalue weighted by Crippen LogP contribution is 2.19. The van der Waals surface area contributed by atoms with Gasteiger partial charge in [-0.25, -0.2) is 0 Å². The topological polar surface area (TPSA) is 81.4 Å². The molecule has 0 saturated carbocycles. The van der Waals surface area contributed by atoms with Crippen molar-refractivity contribution >= 4 is 29.2 Å². The van der Waals surface area contributed by atoms with Crippen molar-refractivity contribution in [3.8, 4) is 0 Å². The Labute approximate surface area is 104 Å². The maximum absolute atomic E-state index is 11.6. The monoisotopic (exact) mass is 256 g/mol. The van der Waals surface area contributed by atoms with E-state index in [9.17, 15) is 9.59 Å². The Morgan fingerprint density at radius 2 is 2.18 bits per heavy atom. The fourth-order valence-corrected chi connectivity index (χ4v) is 1.32. The molecule has 0 heterocycles. The smallest absolute Gasteiger partial charge is 0.325 e. The van der Waals surface area contributed by atoms with Gasteiger partial charge in [-0.1, -0.05) is 11.6 Å². The van der Waals surface area contributed by atoms with Gasteiger partial charge in [-0.15, -0.1) is 0 Å². The standard InChI is InChI=1S/C11H13ClN2O3/c1-2-17-10(15)6-14-11(16)7-3-4-9(13)8(12)5-7/h3-5H,2,6,13H2,1H3,(H,14,16). The number of hydrogen-bond donors (Lipinski definition) is 2. The summed E-state index contributed by atoms with van der Waals surface area (Å²) in [6.07, 6.45) is 0. The first-order valence-corrected chi connectivity index (χ1v) is 5.41. The van der Waals surface area contributed by atoms with Crippen LogP contribution < -0.4 is 11.1 Å². The van der Waals surface area contributed by atoms with Crippen LogP contribution in [-0.2, 0) is 9.53 Å². The Bertz CT molecular complexity index is 435. The van der Waals surface area contributed by atoms with E-state index in [0.717, 1.165) is 0 Å². The van der Waals surface area contributed by atoms with Gasteiger partial charge >= 0.3 is 5.97 Å². The molecular weight excluding hydrogens is 244 g/mol. The number of nitrogens with one attached hydrogen (secondary N) is 1. The lowest BCUT2D eigenvalue weighted by Crippen LogP contribution is -2.30. The summed E-state index contributed by atoms with van der Waals surface area (Å²) < 4.78 is 4.67. The van der Waals surface area contributed by atoms with Crippen LogP contribution in [0.15, 0.2) is 18.2 Å². The van der Waals surface area contributed by atoms with Crippen LogP contribution in [0, 0.1) is 0 Å². The summed E-state index contributed by atoms with van der Waals surface area (Å²) in [5.41, 5.74) is 6.25. The molecule has 0 unspecified atom stereocenters. The second-order valence-electron chi connectivity index (χ2n) is 3.22. The molecule has 0 atom stereocenters. The number of nitrogens with two attached hydrogens (primary N) is 1. The van der Waals surface area contributed by atoms with Gasteiger partial charge in [-0.2, -0.15) is 0 Å². The molecule has 0 radical (unpaired) electrons. The van der Waals surface area contributed by atoms with Crippen LogP contribution in [0.2, 0.25) is 5.02 Å². The zero-order valence-corrected chi connectivity index (χ0v) is 10.1. The minimum atomic E-state index is -0.484. The molecular formula is C11H13ClN2O3. The average molecular weight is 257 g/mol. The summed E-state index contributed by atoms with van der Waals surface area (Å²) in [4.78, 5) is 22.6. The van der Waals surface area contributed by atoms with Crippen LogP contribution in [-0.4, -0.2) is 25.0 Å². The number of anilines is 1. The number of rotatable bonds is 4. The number of hydrogen-bond acceptors (Lipinski definition) is 4. The molecule has 0 fully saturated rings. The number of esters is 1. The molecule has 5 nitrogen and oxygen atoms in total. The average Bonchev–Trinajstić information content (AvgIpc) is 2.30. The van der Waals surface area contributed by atoms with E-state index in [1.165, 1.54) is 18.2 Å². The lowest BCUT2D eigenvalue weighted by Gasteiger charge is -2.06. The van der Waals surface area contributed by atoms with Crippen molar-refractivity contribution in [1.82, 2.24) is 5.32 Å². The Balaban J connectivity index is 2.58.